The molecular weight excluding hydrogens is 258 g/mol. The van der Waals surface area contributed by atoms with Crippen molar-refractivity contribution in [3.05, 3.63) is 52.5 Å². The van der Waals surface area contributed by atoms with E-state index in [2.05, 4.69) is 19.1 Å². The van der Waals surface area contributed by atoms with Crippen LogP contribution < -0.4 is 10.5 Å². The van der Waals surface area contributed by atoms with Crippen LogP contribution >= 0.6 is 11.6 Å². The number of rotatable bonds is 2. The largest absolute Gasteiger partial charge is 0.488 e. The van der Waals surface area contributed by atoms with Gasteiger partial charge in [0.1, 0.15) is 11.9 Å². The zero-order valence-electron chi connectivity index (χ0n) is 10.8. The number of benzene rings is 2. The summed E-state index contributed by atoms with van der Waals surface area (Å²) in [6.07, 6.45) is 0.929. The minimum Gasteiger partial charge on any atom is -0.488 e. The molecule has 3 rings (SSSR count). The van der Waals surface area contributed by atoms with E-state index < -0.39 is 0 Å². The van der Waals surface area contributed by atoms with Crippen LogP contribution in [0.3, 0.4) is 0 Å². The molecule has 1 aliphatic heterocycles. The summed E-state index contributed by atoms with van der Waals surface area (Å²) < 4.78 is 5.97. The number of halogens is 1. The summed E-state index contributed by atoms with van der Waals surface area (Å²) in [6, 6.07) is 12.2. The smallest absolute Gasteiger partial charge is 0.132 e. The highest BCUT2D eigenvalue weighted by Gasteiger charge is 2.26. The Morgan fingerprint density at radius 2 is 2.05 bits per heavy atom. The van der Waals surface area contributed by atoms with Gasteiger partial charge in [-0.05, 0) is 29.7 Å². The van der Waals surface area contributed by atoms with Gasteiger partial charge < -0.3 is 10.5 Å². The first-order valence-corrected chi connectivity index (χ1v) is 6.82. The standard InChI is InChI=1S/C16H16ClNO/c1-10-4-2-3-5-13(10)15-14(17)7-6-11-8-12(9-18)19-16(11)15/h2-7,12H,8-9,18H2,1H3/t12-/m0/s1. The molecule has 2 N–H and O–H groups in total. The van der Waals surface area contributed by atoms with E-state index in [1.54, 1.807) is 0 Å². The molecule has 0 amide bonds. The van der Waals surface area contributed by atoms with Gasteiger partial charge in [0, 0.05) is 18.5 Å². The lowest BCUT2D eigenvalue weighted by Gasteiger charge is -2.14. The van der Waals surface area contributed by atoms with Crippen molar-refractivity contribution in [2.75, 3.05) is 6.54 Å². The van der Waals surface area contributed by atoms with Crippen molar-refractivity contribution < 1.29 is 4.74 Å². The number of fused-ring (bicyclic) bond motifs is 1. The number of aryl methyl sites for hydroxylation is 1. The minimum absolute atomic E-state index is 0.0660. The molecule has 0 aromatic heterocycles. The van der Waals surface area contributed by atoms with E-state index in [1.165, 1.54) is 11.1 Å². The van der Waals surface area contributed by atoms with E-state index in [-0.39, 0.29) is 6.10 Å². The molecule has 0 unspecified atom stereocenters. The summed E-state index contributed by atoms with van der Waals surface area (Å²) in [5.41, 5.74) is 10.2. The summed E-state index contributed by atoms with van der Waals surface area (Å²) in [6.45, 7) is 2.61. The van der Waals surface area contributed by atoms with Crippen LogP contribution in [-0.4, -0.2) is 12.6 Å². The number of nitrogens with two attached hydrogens (primary N) is 1. The summed E-state index contributed by atoms with van der Waals surface area (Å²) in [4.78, 5) is 0. The first kappa shape index (κ1) is 12.5. The zero-order chi connectivity index (χ0) is 13.4. The first-order valence-electron chi connectivity index (χ1n) is 6.45. The van der Waals surface area contributed by atoms with Crippen molar-refractivity contribution in [3.8, 4) is 16.9 Å². The molecule has 19 heavy (non-hydrogen) atoms. The normalized spacial score (nSPS) is 17.1. The Kier molecular flexibility index (Phi) is 3.21. The molecule has 2 nitrogen and oxygen atoms in total. The Morgan fingerprint density at radius 3 is 2.79 bits per heavy atom. The van der Waals surface area contributed by atoms with Crippen molar-refractivity contribution in [1.82, 2.24) is 0 Å². The average molecular weight is 274 g/mol. The van der Waals surface area contributed by atoms with Crippen molar-refractivity contribution in [1.29, 1.82) is 0 Å². The summed E-state index contributed by atoms with van der Waals surface area (Å²) in [5.74, 6) is 0.900. The molecule has 0 fully saturated rings. The lowest BCUT2D eigenvalue weighted by molar-refractivity contribution is 0.242. The molecule has 2 aromatic rings. The Balaban J connectivity index is 2.18. The van der Waals surface area contributed by atoms with Gasteiger partial charge in [0.15, 0.2) is 0 Å². The van der Waals surface area contributed by atoms with E-state index in [0.29, 0.717) is 6.54 Å². The maximum Gasteiger partial charge on any atom is 0.132 e. The molecule has 0 bridgehead atoms. The second-order valence-electron chi connectivity index (χ2n) is 4.91. The SMILES string of the molecule is Cc1ccccc1-c1c(Cl)ccc2c1O[C@H](CN)C2. The van der Waals surface area contributed by atoms with Gasteiger partial charge in [-0.3, -0.25) is 0 Å². The highest BCUT2D eigenvalue weighted by atomic mass is 35.5. The number of hydrogen-bond acceptors (Lipinski definition) is 2. The fourth-order valence-electron chi connectivity index (χ4n) is 2.59. The molecule has 0 saturated carbocycles. The molecule has 0 radical (unpaired) electrons. The van der Waals surface area contributed by atoms with Crippen LogP contribution in [0, 0.1) is 6.92 Å². The summed E-state index contributed by atoms with van der Waals surface area (Å²) >= 11 is 6.39. The lowest BCUT2D eigenvalue weighted by Crippen LogP contribution is -2.24. The molecule has 0 aliphatic carbocycles. The van der Waals surface area contributed by atoms with Crippen LogP contribution in [-0.2, 0) is 6.42 Å². The van der Waals surface area contributed by atoms with Crippen molar-refractivity contribution in [2.24, 2.45) is 5.73 Å². The van der Waals surface area contributed by atoms with Gasteiger partial charge in [-0.25, -0.2) is 0 Å². The number of hydrogen-bond donors (Lipinski definition) is 1. The molecule has 0 saturated heterocycles. The van der Waals surface area contributed by atoms with Crippen LogP contribution in [0.4, 0.5) is 0 Å². The zero-order valence-corrected chi connectivity index (χ0v) is 11.6. The van der Waals surface area contributed by atoms with Crippen LogP contribution in [0.25, 0.3) is 11.1 Å². The summed E-state index contributed by atoms with van der Waals surface area (Å²) in [7, 11) is 0. The molecule has 0 spiro atoms. The molecule has 1 aliphatic rings. The Labute approximate surface area is 118 Å². The van der Waals surface area contributed by atoms with E-state index in [0.717, 1.165) is 28.3 Å². The van der Waals surface area contributed by atoms with E-state index in [1.807, 2.05) is 24.3 Å². The minimum atomic E-state index is 0.0660. The van der Waals surface area contributed by atoms with Gasteiger partial charge in [-0.2, -0.15) is 0 Å². The fraction of sp³-hybridized carbons (Fsp3) is 0.250. The molecule has 1 heterocycles. The molecule has 98 valence electrons. The van der Waals surface area contributed by atoms with E-state index in [4.69, 9.17) is 22.1 Å². The quantitative estimate of drug-likeness (QED) is 0.908. The number of ether oxygens (including phenoxy) is 1. The van der Waals surface area contributed by atoms with Gasteiger partial charge in [-0.15, -0.1) is 0 Å². The van der Waals surface area contributed by atoms with Crippen LogP contribution in [0.1, 0.15) is 11.1 Å². The van der Waals surface area contributed by atoms with Gasteiger partial charge in [0.25, 0.3) is 0 Å². The Hall–Kier alpha value is -1.51. The van der Waals surface area contributed by atoms with Crippen LogP contribution in [0.15, 0.2) is 36.4 Å². The Morgan fingerprint density at radius 1 is 1.26 bits per heavy atom. The predicted octanol–water partition coefficient (Wildman–Crippen LogP) is 3.58. The third kappa shape index (κ3) is 2.11. The van der Waals surface area contributed by atoms with Gasteiger partial charge in [-0.1, -0.05) is 41.9 Å². The molecule has 2 aromatic carbocycles. The third-order valence-corrected chi connectivity index (χ3v) is 3.91. The van der Waals surface area contributed by atoms with Crippen molar-refractivity contribution >= 4 is 11.6 Å². The maximum atomic E-state index is 6.39. The predicted molar refractivity (Wildman–Crippen MR) is 78.8 cm³/mol. The summed E-state index contributed by atoms with van der Waals surface area (Å²) in [5, 5.41) is 0.728. The monoisotopic (exact) mass is 273 g/mol. The Bertz CT molecular complexity index is 624. The van der Waals surface area contributed by atoms with Crippen molar-refractivity contribution in [2.45, 2.75) is 19.4 Å². The fourth-order valence-corrected chi connectivity index (χ4v) is 2.84. The van der Waals surface area contributed by atoms with Crippen LogP contribution in [0.2, 0.25) is 5.02 Å². The lowest BCUT2D eigenvalue weighted by atomic mass is 9.97. The van der Waals surface area contributed by atoms with Gasteiger partial charge >= 0.3 is 0 Å². The van der Waals surface area contributed by atoms with E-state index in [9.17, 15) is 0 Å². The van der Waals surface area contributed by atoms with E-state index >= 15 is 0 Å². The third-order valence-electron chi connectivity index (χ3n) is 3.60. The highest BCUT2D eigenvalue weighted by Crippen LogP contribution is 2.44. The first-order chi connectivity index (χ1) is 9.20. The molecule has 3 heteroatoms. The highest BCUT2D eigenvalue weighted by molar-refractivity contribution is 6.33. The van der Waals surface area contributed by atoms with Crippen LogP contribution in [0.5, 0.6) is 5.75 Å². The second-order valence-corrected chi connectivity index (χ2v) is 5.31. The average Bonchev–Trinajstić information content (AvgIpc) is 2.83. The van der Waals surface area contributed by atoms with Gasteiger partial charge in [0.2, 0.25) is 0 Å². The second kappa shape index (κ2) is 4.87. The van der Waals surface area contributed by atoms with Crippen molar-refractivity contribution in [3.63, 3.8) is 0 Å². The molecule has 1 atom stereocenters. The topological polar surface area (TPSA) is 35.2 Å². The molecular formula is C16H16ClNO. The van der Waals surface area contributed by atoms with Gasteiger partial charge in [0.05, 0.1) is 5.02 Å². The maximum absolute atomic E-state index is 6.39.